The molecular formula is C60H52N4O6P2. The molecule has 3 unspecified atom stereocenters. The number of hydrogen-bond acceptors (Lipinski definition) is 7. The third-order valence-electron chi connectivity index (χ3n) is 16.1. The summed E-state index contributed by atoms with van der Waals surface area (Å²) in [6.45, 7) is 8.91. The largest absolute Gasteiger partial charge is 0.462 e. The van der Waals surface area contributed by atoms with Crippen molar-refractivity contribution in [2.24, 2.45) is 0 Å². The second-order valence-corrected chi connectivity index (χ2v) is 23.9. The molecule has 358 valence electrons. The van der Waals surface area contributed by atoms with Crippen molar-refractivity contribution in [1.29, 1.82) is 0 Å². The highest BCUT2D eigenvalue weighted by Crippen LogP contribution is 2.54. The van der Waals surface area contributed by atoms with Crippen molar-refractivity contribution in [3.63, 3.8) is 0 Å². The Bertz CT molecular complexity index is 3730. The molecule has 4 aliphatic rings. The zero-order valence-electron chi connectivity index (χ0n) is 40.2. The summed E-state index contributed by atoms with van der Waals surface area (Å²) in [5, 5.41) is 5.02. The second kappa shape index (κ2) is 15.9. The number of allylic oxidation sites excluding steroid dienone is 1. The summed E-state index contributed by atoms with van der Waals surface area (Å²) in [5.41, 5.74) is 6.94. The van der Waals surface area contributed by atoms with E-state index in [9.17, 15) is 0 Å². The molecule has 0 fully saturated rings. The van der Waals surface area contributed by atoms with Crippen LogP contribution in [0.15, 0.2) is 206 Å². The predicted molar refractivity (Wildman–Crippen MR) is 282 cm³/mol. The van der Waals surface area contributed by atoms with Crippen LogP contribution < -0.4 is 34.0 Å². The van der Waals surface area contributed by atoms with E-state index < -0.39 is 36.9 Å². The molecule has 0 saturated heterocycles. The maximum atomic E-state index is 15.5. The van der Waals surface area contributed by atoms with Crippen LogP contribution in [0.1, 0.15) is 90.5 Å². The molecule has 6 aromatic carbocycles. The lowest BCUT2D eigenvalue weighted by Crippen LogP contribution is -2.47. The molecule has 0 amide bonds. The van der Waals surface area contributed by atoms with Gasteiger partial charge in [-0.05, 0) is 166 Å². The number of benzene rings is 6. The van der Waals surface area contributed by atoms with Crippen LogP contribution in [0, 0.1) is 0 Å². The maximum Gasteiger partial charge on any atom is 0.462 e. The Morgan fingerprint density at radius 2 is 0.750 bits per heavy atom. The van der Waals surface area contributed by atoms with Crippen LogP contribution in [0.3, 0.4) is 0 Å². The summed E-state index contributed by atoms with van der Waals surface area (Å²) in [6, 6.07) is 62.7. The molecule has 10 nitrogen and oxygen atoms in total. The van der Waals surface area contributed by atoms with Gasteiger partial charge >= 0.3 is 15.2 Å². The Hall–Kier alpha value is -7.64. The van der Waals surface area contributed by atoms with Crippen LogP contribution in [0.2, 0.25) is 0 Å². The van der Waals surface area contributed by atoms with Gasteiger partial charge in [-0.2, -0.15) is 0 Å². The summed E-state index contributed by atoms with van der Waals surface area (Å²) >= 11 is 0. The topological polar surface area (TPSA) is 130 Å². The van der Waals surface area contributed by atoms with Gasteiger partial charge in [-0.15, -0.1) is 0 Å². The lowest BCUT2D eigenvalue weighted by molar-refractivity contribution is 0.383. The van der Waals surface area contributed by atoms with E-state index in [1.54, 1.807) is 24.3 Å². The van der Waals surface area contributed by atoms with Crippen molar-refractivity contribution in [3.8, 4) is 23.0 Å². The highest BCUT2D eigenvalue weighted by molar-refractivity contribution is 7.63. The predicted octanol–water partition coefficient (Wildman–Crippen LogP) is 12.8. The standard InChI is InChI=1S/C60H52N4O6P2/c1-57-39-15-11-19-43(35-39)67-71(65,47-23-7-5-8-24-47)68-44-20-12-16-40(36-44)58(2,50-28-27-49(57)61-50)55-33-34-56(64-55)60(4)42-18-14-22-46(38-42)70-72(66,48-25-9-6-10-26-48)69-45-21-13-17-41(37-45)59(3,51-29-30-52(60)62-51)54-32-31-53(57)63-54/h5-33,35-38,56,61-64H,34H2,1-4H3/t56?,57-,58+,59+,60-,71?,72?/m1/s1. The number of nitrogens with one attached hydrogen (secondary N) is 4. The molecule has 4 N–H and O–H groups in total. The van der Waals surface area contributed by atoms with Gasteiger partial charge in [0, 0.05) is 45.9 Å². The molecular weight excluding hydrogens is 935 g/mol. The fourth-order valence-electron chi connectivity index (χ4n) is 11.6. The summed E-state index contributed by atoms with van der Waals surface area (Å²) in [7, 11) is -8.11. The van der Waals surface area contributed by atoms with Crippen molar-refractivity contribution in [3.05, 3.63) is 262 Å². The normalized spacial score (nSPS) is 27.8. The minimum atomic E-state index is -4.06. The third-order valence-corrected chi connectivity index (χ3v) is 19.8. The number of hydrogen-bond donors (Lipinski definition) is 4. The lowest BCUT2D eigenvalue weighted by atomic mass is 9.72. The Morgan fingerprint density at radius 3 is 1.18 bits per heavy atom. The lowest BCUT2D eigenvalue weighted by Gasteiger charge is -2.40. The van der Waals surface area contributed by atoms with E-state index in [0.29, 0.717) is 40.0 Å². The smallest absolute Gasteiger partial charge is 0.413 e. The van der Waals surface area contributed by atoms with Gasteiger partial charge in [0.2, 0.25) is 0 Å². The van der Waals surface area contributed by atoms with E-state index in [1.807, 2.05) is 109 Å². The summed E-state index contributed by atoms with van der Waals surface area (Å²) in [5.74, 6) is 1.63. The first-order chi connectivity index (χ1) is 34.8. The van der Waals surface area contributed by atoms with Gasteiger partial charge in [0.05, 0.1) is 32.3 Å². The molecule has 12 heteroatoms. The molecule has 3 aromatic heterocycles. The fraction of sp³-hybridized carbons (Fsp3) is 0.167. The zero-order chi connectivity index (χ0) is 49.1. The van der Waals surface area contributed by atoms with Crippen LogP contribution in [0.5, 0.6) is 23.0 Å². The molecule has 7 heterocycles. The Labute approximate surface area is 418 Å². The quantitative estimate of drug-likeness (QED) is 0.127. The minimum Gasteiger partial charge on any atom is -0.413 e. The van der Waals surface area contributed by atoms with Gasteiger partial charge in [0.15, 0.2) is 0 Å². The SMILES string of the molecule is C[C@]12C3=CCC(N3)[C@]3(C)c4cccc(c4)OP(=O)(c4ccccc4)Oc4cccc(c4)[C@](C)(c4ccc([nH]4)[C@](C)(c4cccc(c4)OP(=O)(c4ccccc4)Oc4cccc1c4)c1ccc2[nH]1)c1ccc3[nH]1. The van der Waals surface area contributed by atoms with Crippen molar-refractivity contribution in [2.75, 3.05) is 0 Å². The summed E-state index contributed by atoms with van der Waals surface area (Å²) in [6.07, 6.45) is 2.96. The Balaban J connectivity index is 1.11. The number of H-pyrrole nitrogens is 3. The fourth-order valence-corrected chi connectivity index (χ4v) is 14.8. The van der Waals surface area contributed by atoms with E-state index in [4.69, 9.17) is 18.1 Å². The molecule has 20 bridgehead atoms. The number of rotatable bonds is 2. The number of aromatic amines is 3. The summed E-state index contributed by atoms with van der Waals surface area (Å²) < 4.78 is 57.7. The first-order valence-electron chi connectivity index (χ1n) is 24.4. The number of aromatic nitrogens is 3. The van der Waals surface area contributed by atoms with Crippen molar-refractivity contribution < 1.29 is 27.2 Å². The van der Waals surface area contributed by atoms with Gasteiger partial charge in [-0.3, -0.25) is 0 Å². The van der Waals surface area contributed by atoms with Crippen LogP contribution in [0.25, 0.3) is 0 Å². The molecule has 0 radical (unpaired) electrons. The van der Waals surface area contributed by atoms with E-state index in [0.717, 1.165) is 62.1 Å². The minimum absolute atomic E-state index is 0.211. The molecule has 0 saturated carbocycles. The molecule has 0 spiro atoms. The average molecular weight is 987 g/mol. The monoisotopic (exact) mass is 986 g/mol. The number of fused-ring (bicyclic) bond motifs is 20. The van der Waals surface area contributed by atoms with E-state index in [1.165, 1.54) is 0 Å². The van der Waals surface area contributed by atoms with Crippen LogP contribution in [0.4, 0.5) is 0 Å². The van der Waals surface area contributed by atoms with Crippen LogP contribution >= 0.6 is 15.2 Å². The van der Waals surface area contributed by atoms with E-state index in [-0.39, 0.29) is 6.04 Å². The Kier molecular flexibility index (Phi) is 9.81. The average Bonchev–Trinajstić information content (AvgIpc) is 4.27. The maximum absolute atomic E-state index is 15.5. The molecule has 13 rings (SSSR count). The Morgan fingerprint density at radius 1 is 0.403 bits per heavy atom. The zero-order valence-corrected chi connectivity index (χ0v) is 42.0. The van der Waals surface area contributed by atoms with Gasteiger partial charge < -0.3 is 38.4 Å². The third kappa shape index (κ3) is 6.62. The first kappa shape index (κ1) is 44.3. The van der Waals surface area contributed by atoms with Crippen LogP contribution in [-0.4, -0.2) is 21.0 Å². The van der Waals surface area contributed by atoms with Crippen molar-refractivity contribution in [1.82, 2.24) is 20.3 Å². The highest BCUT2D eigenvalue weighted by atomic mass is 31.2. The van der Waals surface area contributed by atoms with Gasteiger partial charge in [-0.25, -0.2) is 9.13 Å². The molecule has 7 atom stereocenters. The molecule has 4 aliphatic heterocycles. The summed E-state index contributed by atoms with van der Waals surface area (Å²) in [4.78, 5) is 12.1. The highest BCUT2D eigenvalue weighted by Gasteiger charge is 2.49. The molecule has 0 aliphatic carbocycles. The van der Waals surface area contributed by atoms with Gasteiger partial charge in [-0.1, -0.05) is 91.0 Å². The first-order valence-corrected chi connectivity index (χ1v) is 27.5. The van der Waals surface area contributed by atoms with Crippen LogP contribution in [-0.2, 0) is 30.8 Å². The molecule has 9 aromatic rings. The van der Waals surface area contributed by atoms with E-state index in [2.05, 4.69) is 115 Å². The van der Waals surface area contributed by atoms with Crippen molar-refractivity contribution in [2.45, 2.75) is 61.8 Å². The molecule has 72 heavy (non-hydrogen) atoms. The second-order valence-electron chi connectivity index (χ2n) is 20.1. The van der Waals surface area contributed by atoms with E-state index >= 15 is 9.13 Å². The van der Waals surface area contributed by atoms with Crippen molar-refractivity contribution >= 4 is 25.8 Å². The van der Waals surface area contributed by atoms with Gasteiger partial charge in [0.1, 0.15) is 23.0 Å². The van der Waals surface area contributed by atoms with Gasteiger partial charge in [0.25, 0.3) is 0 Å².